The summed E-state index contributed by atoms with van der Waals surface area (Å²) in [4.78, 5) is 11.6. The molecule has 0 aromatic heterocycles. The smallest absolute Gasteiger partial charge is 0.138 e. The molecule has 1 saturated carbocycles. The minimum absolute atomic E-state index is 0.431. The maximum atomic E-state index is 11.6. The third-order valence-electron chi connectivity index (χ3n) is 3.01. The third-order valence-corrected chi connectivity index (χ3v) is 4.56. The third kappa shape index (κ3) is 1.54. The normalized spacial score (nSPS) is 42.4. The van der Waals surface area contributed by atoms with Gasteiger partial charge in [-0.15, -0.1) is 0 Å². The summed E-state index contributed by atoms with van der Waals surface area (Å²) in [6.07, 6.45) is 5.90. The number of carbonyl (C=O) groups is 1. The second kappa shape index (κ2) is 3.41. The molecule has 1 nitrogen and oxygen atoms in total. The summed E-state index contributed by atoms with van der Waals surface area (Å²) in [5, 5.41) is 1.26. The fourth-order valence-corrected chi connectivity index (χ4v) is 4.05. The second-order valence-corrected chi connectivity index (χ2v) is 5.73. The van der Waals surface area contributed by atoms with E-state index in [0.717, 1.165) is 6.42 Å². The average Bonchev–Trinajstić information content (AvgIpc) is 2.04. The first-order chi connectivity index (χ1) is 5.77. The number of hydrogen-bond acceptors (Lipinski definition) is 2. The van der Waals surface area contributed by atoms with Crippen LogP contribution in [0.2, 0.25) is 0 Å². The summed E-state index contributed by atoms with van der Waals surface area (Å²) >= 11 is 2.05. The van der Waals surface area contributed by atoms with Gasteiger partial charge in [0.1, 0.15) is 5.78 Å². The van der Waals surface area contributed by atoms with Crippen LogP contribution in [0.5, 0.6) is 0 Å². The lowest BCUT2D eigenvalue weighted by atomic mass is 9.84. The van der Waals surface area contributed by atoms with Gasteiger partial charge in [0, 0.05) is 22.8 Å². The summed E-state index contributed by atoms with van der Waals surface area (Å²) in [6.45, 7) is 2.19. The zero-order chi connectivity index (χ0) is 8.55. The van der Waals surface area contributed by atoms with Gasteiger partial charge in [0.15, 0.2) is 0 Å². The summed E-state index contributed by atoms with van der Waals surface area (Å²) in [7, 11) is 0. The fourth-order valence-electron chi connectivity index (χ4n) is 2.41. The first kappa shape index (κ1) is 8.61. The van der Waals surface area contributed by atoms with E-state index < -0.39 is 0 Å². The number of rotatable bonds is 0. The molecule has 0 unspecified atom stereocenters. The Morgan fingerprint density at radius 3 is 2.92 bits per heavy atom. The Hall–Kier alpha value is 0.0200. The van der Waals surface area contributed by atoms with Crippen LogP contribution in [0.25, 0.3) is 0 Å². The molecule has 0 aromatic rings. The number of fused-ring (bicyclic) bond motifs is 1. The predicted octanol–water partition coefficient (Wildman–Crippen LogP) is 2.64. The van der Waals surface area contributed by atoms with Crippen LogP contribution in [0.4, 0.5) is 0 Å². The molecule has 0 aromatic carbocycles. The lowest BCUT2D eigenvalue weighted by Gasteiger charge is -2.36. The van der Waals surface area contributed by atoms with Gasteiger partial charge in [-0.2, -0.15) is 11.8 Å². The minimum Gasteiger partial charge on any atom is -0.299 e. The van der Waals surface area contributed by atoms with E-state index in [9.17, 15) is 4.79 Å². The van der Waals surface area contributed by atoms with Gasteiger partial charge < -0.3 is 0 Å². The van der Waals surface area contributed by atoms with Gasteiger partial charge in [-0.05, 0) is 12.8 Å². The van der Waals surface area contributed by atoms with Crippen molar-refractivity contribution in [2.24, 2.45) is 5.92 Å². The maximum absolute atomic E-state index is 11.6. The number of carbonyl (C=O) groups excluding carboxylic acids is 1. The summed E-state index contributed by atoms with van der Waals surface area (Å²) in [5.41, 5.74) is 0. The zero-order valence-electron chi connectivity index (χ0n) is 7.58. The molecule has 2 rings (SSSR count). The molecule has 1 saturated heterocycles. The van der Waals surface area contributed by atoms with E-state index in [0.29, 0.717) is 22.2 Å². The molecule has 3 atom stereocenters. The molecule has 1 aliphatic carbocycles. The van der Waals surface area contributed by atoms with Crippen LogP contribution in [0.1, 0.15) is 39.0 Å². The van der Waals surface area contributed by atoms with Gasteiger partial charge in [-0.25, -0.2) is 0 Å². The van der Waals surface area contributed by atoms with Crippen molar-refractivity contribution >= 4 is 17.5 Å². The molecule has 0 bridgehead atoms. The number of hydrogen-bond donors (Lipinski definition) is 0. The van der Waals surface area contributed by atoms with E-state index in [2.05, 4.69) is 18.7 Å². The van der Waals surface area contributed by atoms with Gasteiger partial charge >= 0.3 is 0 Å². The molecular weight excluding hydrogens is 168 g/mol. The van der Waals surface area contributed by atoms with Crippen molar-refractivity contribution in [2.75, 3.05) is 0 Å². The Labute approximate surface area is 78.3 Å². The van der Waals surface area contributed by atoms with E-state index >= 15 is 0 Å². The summed E-state index contributed by atoms with van der Waals surface area (Å²) < 4.78 is 0. The van der Waals surface area contributed by atoms with Gasteiger partial charge in [-0.3, -0.25) is 4.79 Å². The molecule has 2 heteroatoms. The molecule has 0 radical (unpaired) electrons. The fraction of sp³-hybridized carbons (Fsp3) is 0.900. The molecule has 2 aliphatic rings. The van der Waals surface area contributed by atoms with E-state index in [1.165, 1.54) is 25.7 Å². The molecule has 0 amide bonds. The van der Waals surface area contributed by atoms with Crippen LogP contribution in [-0.4, -0.2) is 16.3 Å². The second-order valence-electron chi connectivity index (χ2n) is 4.05. The highest BCUT2D eigenvalue weighted by molar-refractivity contribution is 8.00. The molecule has 1 heterocycles. The van der Waals surface area contributed by atoms with Gasteiger partial charge in [0.25, 0.3) is 0 Å². The number of thioether (sulfide) groups is 1. The highest BCUT2D eigenvalue weighted by Gasteiger charge is 2.36. The van der Waals surface area contributed by atoms with Gasteiger partial charge in [0.2, 0.25) is 0 Å². The SMILES string of the molecule is C[C@@H]1CC(=O)[C@@H]2CCCC[C@@H]2S1. The van der Waals surface area contributed by atoms with E-state index in [1.807, 2.05) is 0 Å². The lowest BCUT2D eigenvalue weighted by Crippen LogP contribution is -2.36. The first-order valence-corrected chi connectivity index (χ1v) is 5.90. The largest absolute Gasteiger partial charge is 0.299 e. The summed E-state index contributed by atoms with van der Waals surface area (Å²) in [6, 6.07) is 0. The number of ketones is 1. The van der Waals surface area contributed by atoms with Crippen molar-refractivity contribution in [1.29, 1.82) is 0 Å². The minimum atomic E-state index is 0.431. The van der Waals surface area contributed by atoms with Gasteiger partial charge in [-0.1, -0.05) is 19.8 Å². The quantitative estimate of drug-likeness (QED) is 0.575. The van der Waals surface area contributed by atoms with Crippen LogP contribution in [0.3, 0.4) is 0 Å². The van der Waals surface area contributed by atoms with Crippen LogP contribution >= 0.6 is 11.8 Å². The first-order valence-electron chi connectivity index (χ1n) is 4.95. The van der Waals surface area contributed by atoms with E-state index in [4.69, 9.17) is 0 Å². The van der Waals surface area contributed by atoms with Crippen molar-refractivity contribution in [3.05, 3.63) is 0 Å². The molecule has 1 aliphatic heterocycles. The van der Waals surface area contributed by atoms with Crippen LogP contribution < -0.4 is 0 Å². The van der Waals surface area contributed by atoms with E-state index in [-0.39, 0.29) is 0 Å². The molecule has 2 fully saturated rings. The Morgan fingerprint density at radius 1 is 1.33 bits per heavy atom. The van der Waals surface area contributed by atoms with Crippen LogP contribution in [-0.2, 0) is 4.79 Å². The average molecular weight is 184 g/mol. The Balaban J connectivity index is 2.06. The lowest BCUT2D eigenvalue weighted by molar-refractivity contribution is -0.123. The molecular formula is C10H16OS. The highest BCUT2D eigenvalue weighted by Crippen LogP contribution is 2.41. The molecule has 12 heavy (non-hydrogen) atoms. The zero-order valence-corrected chi connectivity index (χ0v) is 8.40. The molecule has 0 spiro atoms. The Morgan fingerprint density at radius 2 is 2.08 bits per heavy atom. The van der Waals surface area contributed by atoms with Gasteiger partial charge in [0.05, 0.1) is 0 Å². The van der Waals surface area contributed by atoms with Crippen LogP contribution in [0, 0.1) is 5.92 Å². The maximum Gasteiger partial charge on any atom is 0.138 e. The standard InChI is InChI=1S/C10H16OS/c1-7-6-9(11)8-4-2-3-5-10(8)12-7/h7-8,10H,2-6H2,1H3/t7-,8+,10+/m1/s1. The van der Waals surface area contributed by atoms with E-state index in [1.54, 1.807) is 0 Å². The van der Waals surface area contributed by atoms with Crippen molar-refractivity contribution < 1.29 is 4.79 Å². The monoisotopic (exact) mass is 184 g/mol. The molecule has 0 N–H and O–H groups in total. The molecule has 68 valence electrons. The predicted molar refractivity (Wildman–Crippen MR) is 52.4 cm³/mol. The summed E-state index contributed by atoms with van der Waals surface area (Å²) in [5.74, 6) is 0.978. The van der Waals surface area contributed by atoms with Crippen molar-refractivity contribution in [2.45, 2.75) is 49.5 Å². The highest BCUT2D eigenvalue weighted by atomic mass is 32.2. The number of Topliss-reactive ketones (excluding diaryl/α,β-unsaturated/α-hetero) is 1. The van der Waals surface area contributed by atoms with Crippen LogP contribution in [0.15, 0.2) is 0 Å². The Kier molecular flexibility index (Phi) is 2.44. The topological polar surface area (TPSA) is 17.1 Å². The van der Waals surface area contributed by atoms with Crippen molar-refractivity contribution in [3.8, 4) is 0 Å². The van der Waals surface area contributed by atoms with Crippen molar-refractivity contribution in [1.82, 2.24) is 0 Å². The Bertz CT molecular complexity index is 190. The van der Waals surface area contributed by atoms with Crippen molar-refractivity contribution in [3.63, 3.8) is 0 Å².